The highest BCUT2D eigenvalue weighted by Crippen LogP contribution is 2.15. The van der Waals surface area contributed by atoms with Crippen molar-refractivity contribution in [3.8, 4) is 0 Å². The maximum atomic E-state index is 13.7. The van der Waals surface area contributed by atoms with E-state index in [2.05, 4.69) is 9.97 Å². The molecule has 0 fully saturated rings. The van der Waals surface area contributed by atoms with E-state index < -0.39 is 11.6 Å². The number of halogens is 1. The lowest BCUT2D eigenvalue weighted by atomic mass is 10.0. The predicted octanol–water partition coefficient (Wildman–Crippen LogP) is 2.16. The van der Waals surface area contributed by atoms with Crippen LogP contribution in [0.2, 0.25) is 0 Å². The molecule has 0 saturated carbocycles. The molecule has 1 aromatic heterocycles. The molecule has 0 spiro atoms. The summed E-state index contributed by atoms with van der Waals surface area (Å²) in [4.78, 5) is 19.4. The van der Waals surface area contributed by atoms with Crippen LogP contribution in [0.4, 0.5) is 4.39 Å². The summed E-state index contributed by atoms with van der Waals surface area (Å²) in [6.07, 6.45) is 4.07. The lowest BCUT2D eigenvalue weighted by molar-refractivity contribution is 0.103. The molecule has 0 radical (unpaired) electrons. The second kappa shape index (κ2) is 4.18. The lowest BCUT2D eigenvalue weighted by Gasteiger charge is -2.03. The van der Waals surface area contributed by atoms with Gasteiger partial charge in [-0.15, -0.1) is 0 Å². The highest BCUT2D eigenvalue weighted by Gasteiger charge is 2.15. The number of carbonyl (C=O) groups is 1. The zero-order valence-corrected chi connectivity index (χ0v) is 8.64. The fourth-order valence-corrected chi connectivity index (χ4v) is 1.39. The Labute approximate surface area is 92.0 Å². The average Bonchev–Trinajstić information content (AvgIpc) is 2.33. The van der Waals surface area contributed by atoms with E-state index in [1.165, 1.54) is 24.8 Å². The summed E-state index contributed by atoms with van der Waals surface area (Å²) in [6.45, 7) is 1.62. The molecule has 0 aliphatic heterocycles. The molecule has 1 aromatic carbocycles. The van der Waals surface area contributed by atoms with Crippen molar-refractivity contribution >= 4 is 5.78 Å². The van der Waals surface area contributed by atoms with Crippen molar-refractivity contribution in [3.63, 3.8) is 0 Å². The van der Waals surface area contributed by atoms with Crippen LogP contribution in [-0.4, -0.2) is 15.8 Å². The molecule has 2 rings (SSSR count). The van der Waals surface area contributed by atoms with Crippen molar-refractivity contribution < 1.29 is 9.18 Å². The number of rotatable bonds is 2. The third kappa shape index (κ3) is 1.82. The SMILES string of the molecule is Cc1cccc(C(=O)c2cncnc2)c1F. The molecule has 0 saturated heterocycles. The van der Waals surface area contributed by atoms with Gasteiger partial charge in [-0.3, -0.25) is 4.79 Å². The Morgan fingerprint density at radius 1 is 1.25 bits per heavy atom. The summed E-state index contributed by atoms with van der Waals surface area (Å²) in [6, 6.07) is 4.72. The topological polar surface area (TPSA) is 42.9 Å². The van der Waals surface area contributed by atoms with Gasteiger partial charge in [0, 0.05) is 12.4 Å². The maximum Gasteiger partial charge on any atom is 0.199 e. The van der Waals surface area contributed by atoms with Crippen molar-refractivity contribution in [2.45, 2.75) is 6.92 Å². The van der Waals surface area contributed by atoms with Crippen molar-refractivity contribution in [2.75, 3.05) is 0 Å². The fraction of sp³-hybridized carbons (Fsp3) is 0.0833. The fourth-order valence-electron chi connectivity index (χ4n) is 1.39. The molecule has 0 aliphatic rings. The van der Waals surface area contributed by atoms with Gasteiger partial charge >= 0.3 is 0 Å². The molecule has 0 amide bonds. The highest BCUT2D eigenvalue weighted by molar-refractivity contribution is 6.08. The Kier molecular flexibility index (Phi) is 2.72. The van der Waals surface area contributed by atoms with E-state index in [4.69, 9.17) is 0 Å². The van der Waals surface area contributed by atoms with E-state index in [0.717, 1.165) is 0 Å². The van der Waals surface area contributed by atoms with Crippen LogP contribution in [-0.2, 0) is 0 Å². The van der Waals surface area contributed by atoms with Gasteiger partial charge in [-0.1, -0.05) is 12.1 Å². The van der Waals surface area contributed by atoms with Gasteiger partial charge < -0.3 is 0 Å². The molecule has 0 atom stereocenters. The Morgan fingerprint density at radius 2 is 1.94 bits per heavy atom. The molecular formula is C12H9FN2O. The monoisotopic (exact) mass is 216 g/mol. The molecule has 0 unspecified atom stereocenters. The van der Waals surface area contributed by atoms with Crippen molar-refractivity contribution in [1.29, 1.82) is 0 Å². The minimum absolute atomic E-state index is 0.0507. The first-order valence-corrected chi connectivity index (χ1v) is 4.75. The third-order valence-electron chi connectivity index (χ3n) is 2.26. The quantitative estimate of drug-likeness (QED) is 0.722. The van der Waals surface area contributed by atoms with Gasteiger partial charge in [0.2, 0.25) is 0 Å². The first kappa shape index (κ1) is 10.4. The summed E-state index contributed by atoms with van der Waals surface area (Å²) < 4.78 is 13.7. The van der Waals surface area contributed by atoms with Crippen LogP contribution in [0.1, 0.15) is 21.5 Å². The number of aromatic nitrogens is 2. The number of ketones is 1. The van der Waals surface area contributed by atoms with E-state index in [0.29, 0.717) is 5.56 Å². The minimum atomic E-state index is -0.489. The van der Waals surface area contributed by atoms with Gasteiger partial charge in [0.05, 0.1) is 11.1 Å². The molecule has 1 heterocycles. The van der Waals surface area contributed by atoms with E-state index in [-0.39, 0.29) is 11.1 Å². The molecule has 16 heavy (non-hydrogen) atoms. The summed E-state index contributed by atoms with van der Waals surface area (Å²) in [5.41, 5.74) is 0.782. The third-order valence-corrected chi connectivity index (χ3v) is 2.26. The summed E-state index contributed by atoms with van der Waals surface area (Å²) >= 11 is 0. The van der Waals surface area contributed by atoms with Crippen LogP contribution in [0.3, 0.4) is 0 Å². The number of hydrogen-bond donors (Lipinski definition) is 0. The van der Waals surface area contributed by atoms with Crippen LogP contribution in [0.25, 0.3) is 0 Å². The first-order valence-electron chi connectivity index (χ1n) is 4.75. The number of nitrogens with zero attached hydrogens (tertiary/aromatic N) is 2. The Bertz CT molecular complexity index is 526. The number of hydrogen-bond acceptors (Lipinski definition) is 3. The van der Waals surface area contributed by atoms with E-state index in [1.54, 1.807) is 19.1 Å². The van der Waals surface area contributed by atoms with Crippen LogP contribution >= 0.6 is 0 Å². The van der Waals surface area contributed by atoms with Crippen LogP contribution < -0.4 is 0 Å². The van der Waals surface area contributed by atoms with E-state index in [9.17, 15) is 9.18 Å². The van der Waals surface area contributed by atoms with Crippen molar-refractivity contribution in [3.05, 3.63) is 59.4 Å². The highest BCUT2D eigenvalue weighted by atomic mass is 19.1. The van der Waals surface area contributed by atoms with E-state index >= 15 is 0 Å². The van der Waals surface area contributed by atoms with Crippen LogP contribution in [0.5, 0.6) is 0 Å². The Morgan fingerprint density at radius 3 is 2.62 bits per heavy atom. The van der Waals surface area contributed by atoms with Gasteiger partial charge in [0.1, 0.15) is 12.1 Å². The molecule has 4 heteroatoms. The Hall–Kier alpha value is -2.10. The second-order valence-corrected chi connectivity index (χ2v) is 3.39. The van der Waals surface area contributed by atoms with Gasteiger partial charge in [-0.2, -0.15) is 0 Å². The summed E-state index contributed by atoms with van der Waals surface area (Å²) in [5, 5.41) is 0. The standard InChI is InChI=1S/C12H9FN2O/c1-8-3-2-4-10(11(8)13)12(16)9-5-14-7-15-6-9/h2-7H,1H3. The van der Waals surface area contributed by atoms with Crippen molar-refractivity contribution in [1.82, 2.24) is 9.97 Å². The zero-order valence-electron chi connectivity index (χ0n) is 8.64. The molecule has 2 aromatic rings. The number of aryl methyl sites for hydroxylation is 1. The van der Waals surface area contributed by atoms with Crippen LogP contribution in [0.15, 0.2) is 36.9 Å². The van der Waals surface area contributed by atoms with Crippen LogP contribution in [0, 0.1) is 12.7 Å². The summed E-state index contributed by atoms with van der Waals surface area (Å²) in [5.74, 6) is -0.891. The van der Waals surface area contributed by atoms with Gasteiger partial charge in [0.25, 0.3) is 0 Å². The van der Waals surface area contributed by atoms with Gasteiger partial charge in [0.15, 0.2) is 5.78 Å². The molecular weight excluding hydrogens is 207 g/mol. The number of carbonyl (C=O) groups excluding carboxylic acids is 1. The molecule has 0 bridgehead atoms. The largest absolute Gasteiger partial charge is 0.288 e. The molecule has 3 nitrogen and oxygen atoms in total. The Balaban J connectivity index is 2.46. The molecule has 80 valence electrons. The van der Waals surface area contributed by atoms with Gasteiger partial charge in [-0.25, -0.2) is 14.4 Å². The normalized spacial score (nSPS) is 10.1. The number of benzene rings is 1. The summed E-state index contributed by atoms with van der Waals surface area (Å²) in [7, 11) is 0. The molecule has 0 N–H and O–H groups in total. The maximum absolute atomic E-state index is 13.7. The van der Waals surface area contributed by atoms with E-state index in [1.807, 2.05) is 0 Å². The first-order chi connectivity index (χ1) is 7.70. The van der Waals surface area contributed by atoms with Crippen molar-refractivity contribution in [2.24, 2.45) is 0 Å². The predicted molar refractivity (Wildman–Crippen MR) is 56.6 cm³/mol. The minimum Gasteiger partial charge on any atom is -0.288 e. The average molecular weight is 216 g/mol. The second-order valence-electron chi connectivity index (χ2n) is 3.39. The smallest absolute Gasteiger partial charge is 0.199 e. The zero-order chi connectivity index (χ0) is 11.5. The lowest BCUT2D eigenvalue weighted by Crippen LogP contribution is -2.06. The van der Waals surface area contributed by atoms with Gasteiger partial charge in [-0.05, 0) is 18.6 Å². The molecule has 0 aliphatic carbocycles.